The highest BCUT2D eigenvalue weighted by Crippen LogP contribution is 2.36. The van der Waals surface area contributed by atoms with Crippen LogP contribution in [0.3, 0.4) is 0 Å². The van der Waals surface area contributed by atoms with Gasteiger partial charge in [-0.2, -0.15) is 0 Å². The maximum Gasteiger partial charge on any atom is 0.335 e. The number of amides is 4. The van der Waals surface area contributed by atoms with Gasteiger partial charge in [0.25, 0.3) is 11.8 Å². The van der Waals surface area contributed by atoms with E-state index in [0.717, 1.165) is 11.3 Å². The molecular weight excluding hydrogens is 468 g/mol. The summed E-state index contributed by atoms with van der Waals surface area (Å²) < 4.78 is 11.2. The van der Waals surface area contributed by atoms with E-state index in [0.29, 0.717) is 34.7 Å². The summed E-state index contributed by atoms with van der Waals surface area (Å²) in [4.78, 5) is 38.6. The van der Waals surface area contributed by atoms with E-state index >= 15 is 0 Å². The van der Waals surface area contributed by atoms with Crippen LogP contribution in [0.5, 0.6) is 17.2 Å². The number of carbonyl (C=O) groups excluding carboxylic acids is 3. The summed E-state index contributed by atoms with van der Waals surface area (Å²) in [6, 6.07) is 8.63. The summed E-state index contributed by atoms with van der Waals surface area (Å²) in [6.45, 7) is 4.62. The second kappa shape index (κ2) is 9.65. The van der Waals surface area contributed by atoms with Crippen molar-refractivity contribution in [2.75, 3.05) is 18.1 Å². The number of barbiturate groups is 1. The maximum absolute atomic E-state index is 13.0. The Balaban J connectivity index is 1.94. The van der Waals surface area contributed by atoms with Crippen molar-refractivity contribution >= 4 is 45.5 Å². The normalized spacial score (nSPS) is 15.3. The number of urea groups is 1. The van der Waals surface area contributed by atoms with Gasteiger partial charge in [-0.05, 0) is 77.3 Å². The predicted octanol–water partition coefficient (Wildman–Crippen LogP) is 4.01. The average Bonchev–Trinajstić information content (AvgIpc) is 2.74. The van der Waals surface area contributed by atoms with Crippen LogP contribution in [0.1, 0.15) is 25.8 Å². The average molecular weight is 489 g/mol. The molecule has 1 aliphatic rings. The molecule has 2 aromatic carbocycles. The number of phenolic OH excluding ortho intramolecular Hbond substituents is 1. The Hall–Kier alpha value is -3.33. The molecule has 31 heavy (non-hydrogen) atoms. The van der Waals surface area contributed by atoms with Crippen molar-refractivity contribution in [3.63, 3.8) is 0 Å². The van der Waals surface area contributed by atoms with Crippen LogP contribution in [-0.2, 0) is 9.59 Å². The molecule has 0 spiro atoms. The SMILES string of the molecule is CCCOc1ccc(N2C(=O)NC(=O)/C(=C/c3cc(Br)c(O)c(OCC)c3)C2=O)cc1. The number of nitrogens with zero attached hydrogens (tertiary/aromatic N) is 1. The Bertz CT molecular complexity index is 1050. The zero-order valence-corrected chi connectivity index (χ0v) is 18.6. The first-order valence-electron chi connectivity index (χ1n) is 9.65. The minimum absolute atomic E-state index is 0.0920. The van der Waals surface area contributed by atoms with Gasteiger partial charge in [0.05, 0.1) is 23.4 Å². The Labute approximate surface area is 187 Å². The van der Waals surface area contributed by atoms with E-state index < -0.39 is 17.8 Å². The number of imide groups is 2. The van der Waals surface area contributed by atoms with Gasteiger partial charge in [-0.25, -0.2) is 9.69 Å². The molecule has 1 fully saturated rings. The highest BCUT2D eigenvalue weighted by atomic mass is 79.9. The Kier molecular flexibility index (Phi) is 6.96. The maximum atomic E-state index is 13.0. The number of rotatable bonds is 7. The summed E-state index contributed by atoms with van der Waals surface area (Å²) in [6.07, 6.45) is 2.19. The molecule has 1 heterocycles. The fraction of sp³-hybridized carbons (Fsp3) is 0.227. The van der Waals surface area contributed by atoms with Crippen LogP contribution < -0.4 is 19.7 Å². The van der Waals surface area contributed by atoms with Crippen molar-refractivity contribution < 1.29 is 29.0 Å². The van der Waals surface area contributed by atoms with E-state index in [1.807, 2.05) is 6.92 Å². The van der Waals surface area contributed by atoms with Gasteiger partial charge in [0.1, 0.15) is 11.3 Å². The van der Waals surface area contributed by atoms with Gasteiger partial charge in [0.15, 0.2) is 11.5 Å². The predicted molar refractivity (Wildman–Crippen MR) is 118 cm³/mol. The van der Waals surface area contributed by atoms with E-state index in [2.05, 4.69) is 21.2 Å². The summed E-state index contributed by atoms with van der Waals surface area (Å²) >= 11 is 3.22. The number of benzene rings is 2. The number of aromatic hydroxyl groups is 1. The van der Waals surface area contributed by atoms with Gasteiger partial charge < -0.3 is 14.6 Å². The minimum Gasteiger partial charge on any atom is -0.503 e. The zero-order chi connectivity index (χ0) is 22.5. The third-order valence-corrected chi connectivity index (χ3v) is 4.94. The van der Waals surface area contributed by atoms with Crippen molar-refractivity contribution in [3.8, 4) is 17.2 Å². The highest BCUT2D eigenvalue weighted by Gasteiger charge is 2.36. The van der Waals surface area contributed by atoms with E-state index in [-0.39, 0.29) is 17.1 Å². The van der Waals surface area contributed by atoms with Crippen molar-refractivity contribution in [2.45, 2.75) is 20.3 Å². The minimum atomic E-state index is -0.837. The first kappa shape index (κ1) is 22.4. The highest BCUT2D eigenvalue weighted by molar-refractivity contribution is 9.10. The Morgan fingerprint density at radius 1 is 1.10 bits per heavy atom. The molecule has 0 atom stereocenters. The number of anilines is 1. The molecule has 2 aromatic rings. The molecule has 2 N–H and O–H groups in total. The van der Waals surface area contributed by atoms with Gasteiger partial charge in [0.2, 0.25) is 0 Å². The first-order valence-corrected chi connectivity index (χ1v) is 10.4. The molecule has 0 bridgehead atoms. The number of halogens is 1. The van der Waals surface area contributed by atoms with Crippen LogP contribution in [0.4, 0.5) is 10.5 Å². The lowest BCUT2D eigenvalue weighted by atomic mass is 10.1. The third-order valence-electron chi connectivity index (χ3n) is 4.33. The molecule has 0 aromatic heterocycles. The van der Waals surface area contributed by atoms with E-state index in [1.165, 1.54) is 18.2 Å². The van der Waals surface area contributed by atoms with Crippen molar-refractivity contribution in [2.24, 2.45) is 0 Å². The van der Waals surface area contributed by atoms with Gasteiger partial charge >= 0.3 is 6.03 Å². The standard InChI is InChI=1S/C22H21BrN2O6/c1-3-9-31-15-7-5-14(6-8-15)25-21(28)16(20(27)24-22(25)29)10-13-11-17(23)19(26)18(12-13)30-4-2/h5-8,10-12,26H,3-4,9H2,1-2H3,(H,24,27,29)/b16-10-. The van der Waals surface area contributed by atoms with Gasteiger partial charge in [-0.1, -0.05) is 6.92 Å². The van der Waals surface area contributed by atoms with Crippen LogP contribution in [0.25, 0.3) is 6.08 Å². The fourth-order valence-electron chi connectivity index (χ4n) is 2.91. The smallest absolute Gasteiger partial charge is 0.335 e. The topological polar surface area (TPSA) is 105 Å². The quantitative estimate of drug-likeness (QED) is 0.450. The molecule has 0 unspecified atom stereocenters. The van der Waals surface area contributed by atoms with Crippen molar-refractivity contribution in [1.82, 2.24) is 5.32 Å². The molecule has 4 amide bonds. The summed E-state index contributed by atoms with van der Waals surface area (Å²) in [5.41, 5.74) is 0.502. The fourth-order valence-corrected chi connectivity index (χ4v) is 3.37. The van der Waals surface area contributed by atoms with Crippen LogP contribution in [0, 0.1) is 0 Å². The molecule has 8 nitrogen and oxygen atoms in total. The molecule has 1 saturated heterocycles. The molecular formula is C22H21BrN2O6. The van der Waals surface area contributed by atoms with Gasteiger partial charge in [-0.3, -0.25) is 14.9 Å². The molecule has 0 aliphatic carbocycles. The lowest BCUT2D eigenvalue weighted by molar-refractivity contribution is -0.122. The van der Waals surface area contributed by atoms with E-state index in [9.17, 15) is 19.5 Å². The summed E-state index contributed by atoms with van der Waals surface area (Å²) in [5, 5.41) is 12.2. The Morgan fingerprint density at radius 3 is 2.45 bits per heavy atom. The first-order chi connectivity index (χ1) is 14.8. The van der Waals surface area contributed by atoms with Crippen LogP contribution in [-0.4, -0.2) is 36.2 Å². The van der Waals surface area contributed by atoms with Gasteiger partial charge in [0, 0.05) is 0 Å². The molecule has 1 aliphatic heterocycles. The lowest BCUT2D eigenvalue weighted by Gasteiger charge is -2.26. The van der Waals surface area contributed by atoms with E-state index in [1.54, 1.807) is 31.2 Å². The second-order valence-electron chi connectivity index (χ2n) is 6.58. The van der Waals surface area contributed by atoms with E-state index in [4.69, 9.17) is 9.47 Å². The van der Waals surface area contributed by atoms with Crippen LogP contribution >= 0.6 is 15.9 Å². The van der Waals surface area contributed by atoms with Gasteiger partial charge in [-0.15, -0.1) is 0 Å². The number of hydrogen-bond acceptors (Lipinski definition) is 6. The van der Waals surface area contributed by atoms with Crippen LogP contribution in [0.2, 0.25) is 0 Å². The molecule has 162 valence electrons. The number of nitrogens with one attached hydrogen (secondary N) is 1. The summed E-state index contributed by atoms with van der Waals surface area (Å²) in [7, 11) is 0. The number of ether oxygens (including phenoxy) is 2. The molecule has 0 radical (unpaired) electrons. The zero-order valence-electron chi connectivity index (χ0n) is 17.0. The largest absolute Gasteiger partial charge is 0.503 e. The molecule has 0 saturated carbocycles. The number of hydrogen-bond donors (Lipinski definition) is 2. The van der Waals surface area contributed by atoms with Crippen LogP contribution in [0.15, 0.2) is 46.4 Å². The second-order valence-corrected chi connectivity index (χ2v) is 7.44. The third kappa shape index (κ3) is 4.88. The Morgan fingerprint density at radius 2 is 1.81 bits per heavy atom. The molecule has 9 heteroatoms. The number of phenols is 1. The number of carbonyl (C=O) groups is 3. The molecule has 3 rings (SSSR count). The summed E-state index contributed by atoms with van der Waals surface area (Å²) in [5.74, 6) is -0.859. The van der Waals surface area contributed by atoms with Crippen molar-refractivity contribution in [1.29, 1.82) is 0 Å². The van der Waals surface area contributed by atoms with Crippen molar-refractivity contribution in [3.05, 3.63) is 52.0 Å². The monoisotopic (exact) mass is 488 g/mol. The lowest BCUT2D eigenvalue weighted by Crippen LogP contribution is -2.54.